The van der Waals surface area contributed by atoms with Crippen LogP contribution in [0.3, 0.4) is 0 Å². The molecule has 11 heteroatoms. The molecule has 0 spiro atoms. The average Bonchev–Trinajstić information content (AvgIpc) is 2.53. The summed E-state index contributed by atoms with van der Waals surface area (Å²) in [5, 5.41) is -1.46. The highest BCUT2D eigenvalue weighted by molar-refractivity contribution is 7.92. The predicted octanol–water partition coefficient (Wildman–Crippen LogP) is 3.58. The van der Waals surface area contributed by atoms with Gasteiger partial charge in [0.05, 0.1) is 26.5 Å². The zero-order valence-electron chi connectivity index (χ0n) is 14.8. The largest absolute Gasteiger partial charge is 0.417 e. The minimum atomic E-state index is -4.80. The first-order chi connectivity index (χ1) is 12.2. The van der Waals surface area contributed by atoms with Gasteiger partial charge in [0.1, 0.15) is 0 Å². The topological polar surface area (TPSA) is 71.5 Å². The van der Waals surface area contributed by atoms with Crippen molar-refractivity contribution in [3.05, 3.63) is 28.8 Å². The molecule has 1 atom stereocenters. The van der Waals surface area contributed by atoms with Crippen molar-refractivity contribution in [1.82, 2.24) is 4.31 Å². The lowest BCUT2D eigenvalue weighted by molar-refractivity contribution is -0.137. The van der Waals surface area contributed by atoms with Gasteiger partial charge in [-0.15, -0.1) is 0 Å². The number of alkyl halides is 3. The van der Waals surface area contributed by atoms with Crippen LogP contribution in [0.1, 0.15) is 32.3 Å². The molecule has 0 radical (unpaired) electrons. The Labute approximate surface area is 162 Å². The third-order valence-corrected chi connectivity index (χ3v) is 9.02. The molecule has 1 saturated heterocycles. The minimum absolute atomic E-state index is 0.0556. The summed E-state index contributed by atoms with van der Waals surface area (Å²) in [5.74, 6) is -0.169. The second kappa shape index (κ2) is 7.88. The number of rotatable bonds is 5. The van der Waals surface area contributed by atoms with E-state index >= 15 is 0 Å². The maximum absolute atomic E-state index is 13.0. The summed E-state index contributed by atoms with van der Waals surface area (Å²) in [7, 11) is -7.78. The Morgan fingerprint density at radius 2 is 1.85 bits per heavy atom. The molecule has 0 amide bonds. The lowest BCUT2D eigenvalue weighted by Gasteiger charge is -2.32. The lowest BCUT2D eigenvalue weighted by Crippen LogP contribution is -2.46. The summed E-state index contributed by atoms with van der Waals surface area (Å²) in [6.07, 6.45) is -4.15. The molecule has 0 aromatic heterocycles. The van der Waals surface area contributed by atoms with Crippen molar-refractivity contribution < 1.29 is 30.0 Å². The summed E-state index contributed by atoms with van der Waals surface area (Å²) >= 11 is 5.54. The normalized spacial score (nSPS) is 20.2. The highest BCUT2D eigenvalue weighted by atomic mass is 35.5. The van der Waals surface area contributed by atoms with Crippen LogP contribution in [-0.4, -0.2) is 45.2 Å². The summed E-state index contributed by atoms with van der Waals surface area (Å²) in [6, 6.07) is 2.37. The maximum atomic E-state index is 13.0. The zero-order valence-corrected chi connectivity index (χ0v) is 17.2. The third-order valence-electron chi connectivity index (χ3n) is 4.30. The van der Waals surface area contributed by atoms with Crippen molar-refractivity contribution in [2.45, 2.75) is 43.0 Å². The smallest absolute Gasteiger partial charge is 0.228 e. The number of sulfone groups is 1. The van der Waals surface area contributed by atoms with E-state index in [1.165, 1.54) is 0 Å². The fourth-order valence-electron chi connectivity index (χ4n) is 3.05. The highest BCUT2D eigenvalue weighted by Gasteiger charge is 2.38. The second-order valence-corrected chi connectivity index (χ2v) is 11.7. The molecule has 154 valence electrons. The van der Waals surface area contributed by atoms with Crippen LogP contribution >= 0.6 is 11.6 Å². The first-order valence-electron chi connectivity index (χ1n) is 8.33. The number of piperidine rings is 1. The summed E-state index contributed by atoms with van der Waals surface area (Å²) in [5.41, 5.74) is -1.24. The van der Waals surface area contributed by atoms with Gasteiger partial charge in [0, 0.05) is 13.1 Å². The Kier molecular flexibility index (Phi) is 6.56. The van der Waals surface area contributed by atoms with E-state index in [2.05, 4.69) is 0 Å². The van der Waals surface area contributed by atoms with Gasteiger partial charge in [0.15, 0.2) is 9.84 Å². The van der Waals surface area contributed by atoms with Crippen LogP contribution in [0.15, 0.2) is 23.1 Å². The van der Waals surface area contributed by atoms with Crippen molar-refractivity contribution in [2.75, 3.05) is 18.8 Å². The van der Waals surface area contributed by atoms with Gasteiger partial charge in [-0.25, -0.2) is 16.8 Å². The minimum Gasteiger partial charge on any atom is -0.228 e. The first-order valence-corrected chi connectivity index (χ1v) is 11.9. The number of benzene rings is 1. The summed E-state index contributed by atoms with van der Waals surface area (Å²) in [6.45, 7) is 3.30. The van der Waals surface area contributed by atoms with Crippen LogP contribution in [-0.2, 0) is 26.0 Å². The second-order valence-electron chi connectivity index (χ2n) is 6.99. The van der Waals surface area contributed by atoms with Crippen molar-refractivity contribution in [3.8, 4) is 0 Å². The number of nitrogens with zero attached hydrogens (tertiary/aromatic N) is 1. The molecule has 0 saturated carbocycles. The molecule has 5 nitrogen and oxygen atoms in total. The van der Waals surface area contributed by atoms with Gasteiger partial charge in [-0.05, 0) is 37.0 Å². The summed E-state index contributed by atoms with van der Waals surface area (Å²) in [4.78, 5) is -0.555. The molecule has 1 aromatic rings. The molecular weight excluding hydrogens is 427 g/mol. The van der Waals surface area contributed by atoms with Gasteiger partial charge >= 0.3 is 6.18 Å². The molecule has 0 N–H and O–H groups in total. The van der Waals surface area contributed by atoms with Crippen LogP contribution in [0.25, 0.3) is 0 Å². The van der Waals surface area contributed by atoms with Crippen LogP contribution in [0.5, 0.6) is 0 Å². The van der Waals surface area contributed by atoms with E-state index in [1.807, 2.05) is 0 Å². The van der Waals surface area contributed by atoms with Gasteiger partial charge in [-0.3, -0.25) is 0 Å². The molecule has 1 aromatic carbocycles. The Balaban J connectivity index is 2.34. The van der Waals surface area contributed by atoms with Crippen molar-refractivity contribution >= 4 is 31.5 Å². The Bertz CT molecular complexity index is 899. The molecule has 1 aliphatic rings. The molecule has 0 bridgehead atoms. The molecule has 2 rings (SSSR count). The van der Waals surface area contributed by atoms with E-state index in [9.17, 15) is 30.0 Å². The average molecular weight is 448 g/mol. The van der Waals surface area contributed by atoms with Crippen molar-refractivity contribution in [3.63, 3.8) is 0 Å². The number of hydrogen-bond acceptors (Lipinski definition) is 4. The Morgan fingerprint density at radius 1 is 1.22 bits per heavy atom. The van der Waals surface area contributed by atoms with Gasteiger partial charge < -0.3 is 0 Å². The van der Waals surface area contributed by atoms with Gasteiger partial charge in [-0.2, -0.15) is 17.5 Å². The maximum Gasteiger partial charge on any atom is 0.417 e. The van der Waals surface area contributed by atoms with E-state index in [0.29, 0.717) is 18.9 Å². The van der Waals surface area contributed by atoms with Gasteiger partial charge in [-0.1, -0.05) is 25.4 Å². The number of halogens is 4. The molecular formula is C16H21ClF3NO4S2. The Morgan fingerprint density at radius 3 is 2.41 bits per heavy atom. The van der Waals surface area contributed by atoms with Crippen LogP contribution in [0, 0.1) is 5.92 Å². The summed E-state index contributed by atoms with van der Waals surface area (Å²) < 4.78 is 90.5. The quantitative estimate of drug-likeness (QED) is 0.691. The first kappa shape index (κ1) is 22.4. The Hall–Kier alpha value is -0.840. The van der Waals surface area contributed by atoms with Crippen LogP contribution in [0.2, 0.25) is 5.02 Å². The van der Waals surface area contributed by atoms with Crippen LogP contribution < -0.4 is 0 Å². The van der Waals surface area contributed by atoms with E-state index in [-0.39, 0.29) is 24.8 Å². The van der Waals surface area contributed by atoms with Crippen LogP contribution in [0.4, 0.5) is 13.2 Å². The number of hydrogen-bond donors (Lipinski definition) is 0. The molecule has 1 fully saturated rings. The standard InChI is InChI=1S/C16H21ClF3NO4S2/c1-11(2)10-26(22,23)13-4-3-7-21(9-13)27(24,25)12-5-6-15(17)14(8-12)16(18,19)20/h5-6,8,11,13H,3-4,7,9-10H2,1-2H3/t13-/m1/s1. The van der Waals surface area contributed by atoms with Crippen molar-refractivity contribution in [2.24, 2.45) is 5.92 Å². The monoisotopic (exact) mass is 447 g/mol. The van der Waals surface area contributed by atoms with E-state index in [1.54, 1.807) is 13.8 Å². The predicted molar refractivity (Wildman–Crippen MR) is 96.9 cm³/mol. The molecule has 27 heavy (non-hydrogen) atoms. The molecule has 1 heterocycles. The zero-order chi connectivity index (χ0) is 20.6. The highest BCUT2D eigenvalue weighted by Crippen LogP contribution is 2.36. The van der Waals surface area contributed by atoms with Gasteiger partial charge in [0.2, 0.25) is 10.0 Å². The van der Waals surface area contributed by atoms with E-state index < -0.39 is 46.8 Å². The lowest BCUT2D eigenvalue weighted by atomic mass is 10.2. The third kappa shape index (κ3) is 5.16. The molecule has 0 unspecified atom stereocenters. The van der Waals surface area contributed by atoms with E-state index in [4.69, 9.17) is 11.6 Å². The SMILES string of the molecule is CC(C)CS(=O)(=O)[C@@H]1CCCN(S(=O)(=O)c2ccc(Cl)c(C(F)(F)F)c2)C1. The number of sulfonamides is 1. The fourth-order valence-corrected chi connectivity index (χ4v) is 7.05. The van der Waals surface area contributed by atoms with Crippen molar-refractivity contribution in [1.29, 1.82) is 0 Å². The molecule has 0 aliphatic carbocycles. The fraction of sp³-hybridized carbons (Fsp3) is 0.625. The molecule has 1 aliphatic heterocycles. The van der Waals surface area contributed by atoms with Gasteiger partial charge in [0.25, 0.3) is 0 Å². The van der Waals surface area contributed by atoms with E-state index in [0.717, 1.165) is 16.4 Å².